The van der Waals surface area contributed by atoms with Crippen molar-refractivity contribution >= 4 is 27.9 Å². The number of pyridine rings is 1. The first kappa shape index (κ1) is 16.9. The molecule has 6 nitrogen and oxygen atoms in total. The average molecular weight is 380 g/mol. The van der Waals surface area contributed by atoms with Crippen molar-refractivity contribution in [1.82, 2.24) is 20.1 Å². The van der Waals surface area contributed by atoms with E-state index < -0.39 is 0 Å². The zero-order chi connectivity index (χ0) is 18.4. The Kier molecular flexibility index (Phi) is 4.22. The number of ether oxygens (including phenoxy) is 1. The summed E-state index contributed by atoms with van der Waals surface area (Å²) in [5.41, 5.74) is 1.86. The molecule has 27 heavy (non-hydrogen) atoms. The number of hydrogen-bond acceptors (Lipinski definition) is 7. The SMILES string of the molecule is Cc1nnc(-c2ccc3cnc(CC(=O)CN4C[C@H]5C[C@@H]4CO5)cc3c2)s1. The Hall–Kier alpha value is -2.22. The van der Waals surface area contributed by atoms with Crippen LogP contribution in [-0.2, 0) is 16.0 Å². The van der Waals surface area contributed by atoms with E-state index in [0.29, 0.717) is 25.1 Å². The van der Waals surface area contributed by atoms with Gasteiger partial charge in [0.05, 0.1) is 25.7 Å². The van der Waals surface area contributed by atoms with E-state index in [9.17, 15) is 4.79 Å². The van der Waals surface area contributed by atoms with Gasteiger partial charge in [-0.1, -0.05) is 23.5 Å². The van der Waals surface area contributed by atoms with E-state index in [4.69, 9.17) is 4.74 Å². The standard InChI is InChI=1S/C20H20N4O2S/c1-12-22-23-20(27-12)13-2-3-14-8-21-16(5-15(14)4-13)6-18(25)9-24-10-19-7-17(24)11-26-19/h2-5,8,17,19H,6-7,9-11H2,1H3/t17-,19-/m1/s1. The van der Waals surface area contributed by atoms with Crippen LogP contribution in [0.5, 0.6) is 0 Å². The maximum Gasteiger partial charge on any atom is 0.152 e. The maximum atomic E-state index is 12.5. The van der Waals surface area contributed by atoms with Crippen LogP contribution in [0.2, 0.25) is 0 Å². The Morgan fingerprint density at radius 2 is 2.22 bits per heavy atom. The van der Waals surface area contributed by atoms with Crippen molar-refractivity contribution in [2.24, 2.45) is 0 Å². The first-order valence-electron chi connectivity index (χ1n) is 9.20. The van der Waals surface area contributed by atoms with E-state index in [1.807, 2.05) is 31.3 Å². The molecule has 7 heteroatoms. The van der Waals surface area contributed by atoms with E-state index in [-0.39, 0.29) is 5.78 Å². The Labute approximate surface area is 161 Å². The van der Waals surface area contributed by atoms with Gasteiger partial charge in [-0.25, -0.2) is 0 Å². The highest BCUT2D eigenvalue weighted by Gasteiger charge is 2.39. The van der Waals surface area contributed by atoms with Crippen LogP contribution in [0.15, 0.2) is 30.5 Å². The monoisotopic (exact) mass is 380 g/mol. The third-order valence-corrected chi connectivity index (χ3v) is 6.21. The summed E-state index contributed by atoms with van der Waals surface area (Å²) in [4.78, 5) is 19.3. The molecule has 5 rings (SSSR count). The molecule has 2 aliphatic rings. The van der Waals surface area contributed by atoms with Crippen LogP contribution in [0.3, 0.4) is 0 Å². The van der Waals surface area contributed by atoms with Crippen LogP contribution in [0, 0.1) is 6.92 Å². The van der Waals surface area contributed by atoms with Gasteiger partial charge in [0, 0.05) is 35.4 Å². The predicted molar refractivity (Wildman–Crippen MR) is 104 cm³/mol. The Bertz CT molecular complexity index is 1020. The van der Waals surface area contributed by atoms with Gasteiger partial charge in [0.1, 0.15) is 10.0 Å². The van der Waals surface area contributed by atoms with E-state index in [1.54, 1.807) is 11.3 Å². The van der Waals surface area contributed by atoms with Crippen molar-refractivity contribution in [3.05, 3.63) is 41.2 Å². The van der Waals surface area contributed by atoms with E-state index in [1.165, 1.54) is 0 Å². The summed E-state index contributed by atoms with van der Waals surface area (Å²) in [6, 6.07) is 8.62. The highest BCUT2D eigenvalue weighted by molar-refractivity contribution is 7.14. The summed E-state index contributed by atoms with van der Waals surface area (Å²) in [6.07, 6.45) is 3.60. The third kappa shape index (κ3) is 3.38. The van der Waals surface area contributed by atoms with Crippen molar-refractivity contribution in [2.75, 3.05) is 19.7 Å². The second-order valence-electron chi connectivity index (χ2n) is 7.35. The largest absolute Gasteiger partial charge is 0.375 e. The van der Waals surface area contributed by atoms with Gasteiger partial charge in [-0.2, -0.15) is 0 Å². The van der Waals surface area contributed by atoms with Crippen LogP contribution >= 0.6 is 11.3 Å². The minimum atomic E-state index is 0.213. The number of benzene rings is 1. The maximum absolute atomic E-state index is 12.5. The lowest BCUT2D eigenvalue weighted by Gasteiger charge is -2.25. The minimum Gasteiger partial charge on any atom is -0.375 e. The zero-order valence-electron chi connectivity index (χ0n) is 15.1. The van der Waals surface area contributed by atoms with Crippen LogP contribution in [0.1, 0.15) is 17.1 Å². The summed E-state index contributed by atoms with van der Waals surface area (Å²) in [6.45, 7) is 4.09. The van der Waals surface area contributed by atoms with Crippen LogP contribution < -0.4 is 0 Å². The molecule has 0 radical (unpaired) electrons. The number of hydrogen-bond donors (Lipinski definition) is 0. The third-order valence-electron chi connectivity index (χ3n) is 5.32. The van der Waals surface area contributed by atoms with Gasteiger partial charge >= 0.3 is 0 Å². The number of likely N-dealkylation sites (tertiary alicyclic amines) is 1. The molecule has 2 bridgehead atoms. The lowest BCUT2D eigenvalue weighted by Crippen LogP contribution is -2.40. The van der Waals surface area contributed by atoms with Gasteiger partial charge in [0.25, 0.3) is 0 Å². The quantitative estimate of drug-likeness (QED) is 0.678. The molecule has 2 fully saturated rings. The Balaban J connectivity index is 1.33. The van der Waals surface area contributed by atoms with Gasteiger partial charge in [-0.15, -0.1) is 10.2 Å². The van der Waals surface area contributed by atoms with Crippen molar-refractivity contribution in [3.8, 4) is 10.6 Å². The second-order valence-corrected chi connectivity index (χ2v) is 8.54. The van der Waals surface area contributed by atoms with E-state index in [2.05, 4.69) is 26.1 Å². The molecule has 4 heterocycles. The molecular weight excluding hydrogens is 360 g/mol. The van der Waals surface area contributed by atoms with Crippen molar-refractivity contribution < 1.29 is 9.53 Å². The molecule has 2 aromatic heterocycles. The van der Waals surface area contributed by atoms with Crippen LogP contribution in [-0.4, -0.2) is 57.7 Å². The second kappa shape index (κ2) is 6.74. The van der Waals surface area contributed by atoms with Crippen molar-refractivity contribution in [2.45, 2.75) is 31.9 Å². The molecule has 2 atom stereocenters. The molecule has 0 amide bonds. The van der Waals surface area contributed by atoms with Crippen molar-refractivity contribution in [3.63, 3.8) is 0 Å². The molecule has 0 unspecified atom stereocenters. The van der Waals surface area contributed by atoms with Crippen molar-refractivity contribution in [1.29, 1.82) is 0 Å². The average Bonchev–Trinajstić information content (AvgIpc) is 3.38. The molecule has 138 valence electrons. The van der Waals surface area contributed by atoms with E-state index in [0.717, 1.165) is 51.6 Å². The number of Topliss-reactive ketones (excluding diaryl/α,β-unsaturated/α-hetero) is 1. The number of aryl methyl sites for hydroxylation is 1. The highest BCUT2D eigenvalue weighted by Crippen LogP contribution is 2.28. The highest BCUT2D eigenvalue weighted by atomic mass is 32.1. The number of morpholine rings is 1. The first-order valence-corrected chi connectivity index (χ1v) is 10.0. The molecular formula is C20H20N4O2S. The van der Waals surface area contributed by atoms with Crippen LogP contribution in [0.4, 0.5) is 0 Å². The Morgan fingerprint density at radius 3 is 2.96 bits per heavy atom. The van der Waals surface area contributed by atoms with Gasteiger partial charge in [0.15, 0.2) is 5.78 Å². The minimum absolute atomic E-state index is 0.213. The summed E-state index contributed by atoms with van der Waals surface area (Å²) < 4.78 is 5.61. The molecule has 2 aliphatic heterocycles. The van der Waals surface area contributed by atoms with E-state index >= 15 is 0 Å². The Morgan fingerprint density at radius 1 is 1.30 bits per heavy atom. The molecule has 0 aliphatic carbocycles. The number of aromatic nitrogens is 3. The molecule has 0 N–H and O–H groups in total. The summed E-state index contributed by atoms with van der Waals surface area (Å²) >= 11 is 1.58. The molecule has 0 spiro atoms. The normalized spacial score (nSPS) is 22.0. The zero-order valence-corrected chi connectivity index (χ0v) is 15.9. The fourth-order valence-corrected chi connectivity index (χ4v) is 4.67. The summed E-state index contributed by atoms with van der Waals surface area (Å²) in [7, 11) is 0. The van der Waals surface area contributed by atoms with Gasteiger partial charge < -0.3 is 4.74 Å². The van der Waals surface area contributed by atoms with Gasteiger partial charge in [-0.05, 0) is 30.9 Å². The lowest BCUT2D eigenvalue weighted by atomic mass is 10.1. The van der Waals surface area contributed by atoms with Gasteiger partial charge in [-0.3, -0.25) is 14.7 Å². The van der Waals surface area contributed by atoms with Crippen LogP contribution in [0.25, 0.3) is 21.3 Å². The first-order chi connectivity index (χ1) is 13.1. The topological polar surface area (TPSA) is 68.2 Å². The predicted octanol–water partition coefficient (Wildman–Crippen LogP) is 2.65. The number of ketones is 1. The molecule has 1 aromatic carbocycles. The summed E-state index contributed by atoms with van der Waals surface area (Å²) in [5, 5.41) is 12.3. The van der Waals surface area contributed by atoms with Gasteiger partial charge in [0.2, 0.25) is 0 Å². The number of carbonyl (C=O) groups is 1. The molecule has 2 saturated heterocycles. The number of carbonyl (C=O) groups excluding carboxylic acids is 1. The molecule has 0 saturated carbocycles. The number of fused-ring (bicyclic) bond motifs is 3. The number of nitrogens with zero attached hydrogens (tertiary/aromatic N) is 4. The lowest BCUT2D eigenvalue weighted by molar-refractivity contribution is -0.120. The molecule has 3 aromatic rings. The number of rotatable bonds is 5. The fourth-order valence-electron chi connectivity index (χ4n) is 3.99. The fraction of sp³-hybridized carbons (Fsp3) is 0.400. The summed E-state index contributed by atoms with van der Waals surface area (Å²) in [5.74, 6) is 0.213. The smallest absolute Gasteiger partial charge is 0.152 e.